The maximum absolute atomic E-state index is 3.98. The predicted molar refractivity (Wildman–Crippen MR) is 78.8 cm³/mol. The highest BCUT2D eigenvalue weighted by Gasteiger charge is 2.02. The zero-order valence-electron chi connectivity index (χ0n) is 9.44. The van der Waals surface area contributed by atoms with Gasteiger partial charge in [0.1, 0.15) is 0 Å². The summed E-state index contributed by atoms with van der Waals surface area (Å²) in [6.45, 7) is 3.98. The fourth-order valence-electron chi connectivity index (χ4n) is 1.65. The molecule has 0 saturated carbocycles. The van der Waals surface area contributed by atoms with Crippen molar-refractivity contribution in [1.29, 1.82) is 0 Å². The minimum atomic E-state index is 0.896. The lowest BCUT2D eigenvalue weighted by Crippen LogP contribution is -1.83. The van der Waals surface area contributed by atoms with Crippen LogP contribution in [0.2, 0.25) is 0 Å². The number of halogens is 1. The maximum Gasteiger partial charge on any atom is 0.0182 e. The third-order valence-corrected chi connectivity index (χ3v) is 2.91. The van der Waals surface area contributed by atoms with Gasteiger partial charge in [0.15, 0.2) is 0 Å². The molecule has 2 aromatic rings. The fraction of sp³-hybridized carbons (Fsp3) is 0. The van der Waals surface area contributed by atoms with E-state index in [0.717, 1.165) is 10.1 Å². The minimum Gasteiger partial charge on any atom is -0.0841 e. The summed E-state index contributed by atoms with van der Waals surface area (Å²) in [7, 11) is 0. The van der Waals surface area contributed by atoms with Crippen LogP contribution in [0.5, 0.6) is 0 Å². The average Bonchev–Trinajstić information content (AvgIpc) is 2.38. The fourth-order valence-corrected chi connectivity index (χ4v) is 2.00. The van der Waals surface area contributed by atoms with Gasteiger partial charge in [-0.1, -0.05) is 83.2 Å². The molecule has 0 heterocycles. The first-order valence-electron chi connectivity index (χ1n) is 5.44. The summed E-state index contributed by atoms with van der Waals surface area (Å²) in [5, 5.41) is 0. The minimum absolute atomic E-state index is 0.896. The van der Waals surface area contributed by atoms with E-state index >= 15 is 0 Å². The van der Waals surface area contributed by atoms with Gasteiger partial charge in [-0.05, 0) is 22.8 Å². The van der Waals surface area contributed by atoms with Crippen molar-refractivity contribution in [2.45, 2.75) is 0 Å². The quantitative estimate of drug-likeness (QED) is 0.541. The molecule has 0 aliphatic rings. The van der Waals surface area contributed by atoms with Crippen molar-refractivity contribution in [1.82, 2.24) is 0 Å². The summed E-state index contributed by atoms with van der Waals surface area (Å²) < 4.78 is 0.896. The second-order valence-corrected chi connectivity index (χ2v) is 4.70. The molecule has 0 aromatic heterocycles. The third kappa shape index (κ3) is 3.18. The molecule has 2 aromatic carbocycles. The maximum atomic E-state index is 3.98. The molecule has 0 unspecified atom stereocenters. The van der Waals surface area contributed by atoms with E-state index in [9.17, 15) is 0 Å². The van der Waals surface area contributed by atoms with Crippen molar-refractivity contribution in [2.75, 3.05) is 0 Å². The third-order valence-electron chi connectivity index (χ3n) is 2.49. The van der Waals surface area contributed by atoms with E-state index < -0.39 is 0 Å². The standard InChI is InChI=1S/C16H13Br/c1-13(17)16(15-10-6-3-7-11-15)12-14-8-4-2-5-9-14/h2-12H,1H2/b16-12+. The van der Waals surface area contributed by atoms with Crippen LogP contribution in [0.3, 0.4) is 0 Å². The molecule has 0 spiro atoms. The molecule has 0 aliphatic heterocycles. The van der Waals surface area contributed by atoms with Gasteiger partial charge in [0, 0.05) is 4.48 Å². The molecule has 0 aliphatic carbocycles. The normalized spacial score (nSPS) is 11.2. The lowest BCUT2D eigenvalue weighted by molar-refractivity contribution is 1.61. The summed E-state index contributed by atoms with van der Waals surface area (Å²) in [5.41, 5.74) is 3.45. The van der Waals surface area contributed by atoms with Gasteiger partial charge in [0.25, 0.3) is 0 Å². The second kappa shape index (κ2) is 5.65. The largest absolute Gasteiger partial charge is 0.0841 e. The number of benzene rings is 2. The van der Waals surface area contributed by atoms with Gasteiger partial charge in [-0.15, -0.1) is 0 Å². The van der Waals surface area contributed by atoms with Crippen molar-refractivity contribution in [3.63, 3.8) is 0 Å². The molecule has 84 valence electrons. The lowest BCUT2D eigenvalue weighted by atomic mass is 10.0. The van der Waals surface area contributed by atoms with Crippen molar-refractivity contribution in [3.05, 3.63) is 82.9 Å². The van der Waals surface area contributed by atoms with E-state index in [1.807, 2.05) is 36.4 Å². The van der Waals surface area contributed by atoms with Crippen LogP contribution >= 0.6 is 15.9 Å². The summed E-state index contributed by atoms with van der Waals surface area (Å²) in [6.07, 6.45) is 2.13. The molecule has 0 atom stereocenters. The van der Waals surface area contributed by atoms with E-state index in [0.29, 0.717) is 0 Å². The smallest absolute Gasteiger partial charge is 0.0182 e. The van der Waals surface area contributed by atoms with Crippen LogP contribution in [0.4, 0.5) is 0 Å². The highest BCUT2D eigenvalue weighted by Crippen LogP contribution is 2.28. The van der Waals surface area contributed by atoms with Crippen LogP contribution in [0, 0.1) is 0 Å². The van der Waals surface area contributed by atoms with Gasteiger partial charge in [-0.3, -0.25) is 0 Å². The first-order valence-corrected chi connectivity index (χ1v) is 6.23. The Bertz CT molecular complexity index is 524. The van der Waals surface area contributed by atoms with Gasteiger partial charge >= 0.3 is 0 Å². The molecule has 0 radical (unpaired) electrons. The Labute approximate surface area is 110 Å². The summed E-state index contributed by atoms with van der Waals surface area (Å²) >= 11 is 3.47. The summed E-state index contributed by atoms with van der Waals surface area (Å²) in [4.78, 5) is 0. The number of hydrogen-bond acceptors (Lipinski definition) is 0. The van der Waals surface area contributed by atoms with E-state index in [-0.39, 0.29) is 0 Å². The van der Waals surface area contributed by atoms with E-state index in [1.54, 1.807) is 0 Å². The van der Waals surface area contributed by atoms with Crippen LogP contribution in [0.25, 0.3) is 11.6 Å². The zero-order valence-corrected chi connectivity index (χ0v) is 11.0. The molecule has 2 rings (SSSR count). The van der Waals surface area contributed by atoms with E-state index in [1.165, 1.54) is 11.1 Å². The molecule has 0 saturated heterocycles. The topological polar surface area (TPSA) is 0 Å². The van der Waals surface area contributed by atoms with Gasteiger partial charge in [0.2, 0.25) is 0 Å². The van der Waals surface area contributed by atoms with Crippen molar-refractivity contribution >= 4 is 27.6 Å². The van der Waals surface area contributed by atoms with Crippen LogP contribution in [-0.4, -0.2) is 0 Å². The average molecular weight is 285 g/mol. The van der Waals surface area contributed by atoms with Crippen LogP contribution in [0.1, 0.15) is 11.1 Å². The lowest BCUT2D eigenvalue weighted by Gasteiger charge is -2.06. The number of rotatable bonds is 3. The molecule has 0 fully saturated rings. The molecule has 0 bridgehead atoms. The predicted octanol–water partition coefficient (Wildman–Crippen LogP) is 5.14. The Balaban J connectivity index is 2.44. The summed E-state index contributed by atoms with van der Waals surface area (Å²) in [6, 6.07) is 20.5. The van der Waals surface area contributed by atoms with E-state index in [2.05, 4.69) is 52.9 Å². The Morgan fingerprint density at radius 3 is 1.94 bits per heavy atom. The van der Waals surface area contributed by atoms with Crippen molar-refractivity contribution < 1.29 is 0 Å². The zero-order chi connectivity index (χ0) is 12.1. The van der Waals surface area contributed by atoms with Gasteiger partial charge in [-0.2, -0.15) is 0 Å². The second-order valence-electron chi connectivity index (χ2n) is 3.74. The number of hydrogen-bond donors (Lipinski definition) is 0. The van der Waals surface area contributed by atoms with E-state index in [4.69, 9.17) is 0 Å². The van der Waals surface area contributed by atoms with Gasteiger partial charge in [0.05, 0.1) is 0 Å². The Hall–Kier alpha value is -1.60. The number of allylic oxidation sites excluding steroid dienone is 2. The van der Waals surface area contributed by atoms with Crippen molar-refractivity contribution in [3.8, 4) is 0 Å². The molecule has 0 nitrogen and oxygen atoms in total. The monoisotopic (exact) mass is 284 g/mol. The Morgan fingerprint density at radius 1 is 0.882 bits per heavy atom. The first kappa shape index (κ1) is 11.9. The molecule has 0 N–H and O–H groups in total. The SMILES string of the molecule is C=C(Br)/C(=C\c1ccccc1)c1ccccc1. The molecular formula is C16H13Br. The molecule has 17 heavy (non-hydrogen) atoms. The molecule has 0 amide bonds. The van der Waals surface area contributed by atoms with Crippen molar-refractivity contribution in [2.24, 2.45) is 0 Å². The highest BCUT2D eigenvalue weighted by molar-refractivity contribution is 9.12. The summed E-state index contributed by atoms with van der Waals surface area (Å²) in [5.74, 6) is 0. The van der Waals surface area contributed by atoms with Crippen LogP contribution < -0.4 is 0 Å². The highest BCUT2D eigenvalue weighted by atomic mass is 79.9. The van der Waals surface area contributed by atoms with Gasteiger partial charge in [-0.25, -0.2) is 0 Å². The Morgan fingerprint density at radius 2 is 1.41 bits per heavy atom. The molecular weight excluding hydrogens is 272 g/mol. The van der Waals surface area contributed by atoms with Crippen LogP contribution in [-0.2, 0) is 0 Å². The van der Waals surface area contributed by atoms with Crippen LogP contribution in [0.15, 0.2) is 71.7 Å². The van der Waals surface area contributed by atoms with Gasteiger partial charge < -0.3 is 0 Å². The Kier molecular flexibility index (Phi) is 3.94. The molecule has 1 heteroatoms. The first-order chi connectivity index (χ1) is 8.27.